The average molecular weight is 309 g/mol. The third-order valence-corrected chi connectivity index (χ3v) is 3.93. The molecule has 0 aromatic carbocycles. The van der Waals surface area contributed by atoms with Gasteiger partial charge in [0.25, 0.3) is 0 Å². The van der Waals surface area contributed by atoms with Gasteiger partial charge in [0.15, 0.2) is 0 Å². The van der Waals surface area contributed by atoms with Crippen LogP contribution in [-0.2, 0) is 4.79 Å². The van der Waals surface area contributed by atoms with Crippen LogP contribution >= 0.6 is 0 Å². The molecule has 0 aliphatic carbocycles. The van der Waals surface area contributed by atoms with E-state index in [0.717, 1.165) is 19.1 Å². The first-order valence-electron chi connectivity index (χ1n) is 8.85. The summed E-state index contributed by atoms with van der Waals surface area (Å²) in [5.41, 5.74) is 0. The van der Waals surface area contributed by atoms with E-state index in [1.54, 1.807) is 0 Å². The van der Waals surface area contributed by atoms with Gasteiger partial charge in [0.2, 0.25) is 0 Å². The largest absolute Gasteiger partial charge is 1.00 e. The third kappa shape index (κ3) is 21.6. The van der Waals surface area contributed by atoms with Crippen molar-refractivity contribution < 1.29 is 57.6 Å². The summed E-state index contributed by atoms with van der Waals surface area (Å²) >= 11 is 0. The second kappa shape index (κ2) is 22.6. The van der Waals surface area contributed by atoms with E-state index in [-0.39, 0.29) is 52.8 Å². The Morgan fingerprint density at radius 2 is 0.900 bits per heavy atom. The molecule has 0 aromatic rings. The fourth-order valence-electron chi connectivity index (χ4n) is 2.60. The Kier molecular flexibility index (Phi) is 26.6. The minimum Gasteiger partial charge on any atom is -1.00 e. The standard InChI is InChI=1S/C18H36O.K.H/c1-2-3-4-5-6-7-8-9-10-11-12-13-14-15-16-17-18-19;;/h18H,2-17H2,1H3;;/q;+1;-1. The number of carbonyl (C=O) groups excluding carboxylic acids is 1. The van der Waals surface area contributed by atoms with Gasteiger partial charge in [-0.1, -0.05) is 96.8 Å². The van der Waals surface area contributed by atoms with Gasteiger partial charge in [0.1, 0.15) is 6.29 Å². The SMILES string of the molecule is CCCCCCCCCCCCCCCCCC=O.[H-].[K+]. The van der Waals surface area contributed by atoms with Gasteiger partial charge in [-0.05, 0) is 6.42 Å². The maximum atomic E-state index is 10.1. The molecule has 0 radical (unpaired) electrons. The van der Waals surface area contributed by atoms with Crippen molar-refractivity contribution in [1.29, 1.82) is 0 Å². The van der Waals surface area contributed by atoms with E-state index in [4.69, 9.17) is 0 Å². The first-order valence-corrected chi connectivity index (χ1v) is 8.85. The van der Waals surface area contributed by atoms with Crippen molar-refractivity contribution in [3.8, 4) is 0 Å². The Labute approximate surface area is 172 Å². The molecular weight excluding hydrogens is 271 g/mol. The van der Waals surface area contributed by atoms with Crippen LogP contribution in [0.2, 0.25) is 0 Å². The molecule has 2 heteroatoms. The molecule has 0 atom stereocenters. The van der Waals surface area contributed by atoms with E-state index in [1.807, 2.05) is 0 Å². The number of aldehydes is 1. The van der Waals surface area contributed by atoms with Crippen LogP contribution in [-0.4, -0.2) is 6.29 Å². The van der Waals surface area contributed by atoms with Crippen LogP contribution in [0.25, 0.3) is 0 Å². The minimum atomic E-state index is 0. The third-order valence-electron chi connectivity index (χ3n) is 3.93. The van der Waals surface area contributed by atoms with E-state index in [0.29, 0.717) is 0 Å². The molecular formula is C18H37KO. The van der Waals surface area contributed by atoms with Crippen molar-refractivity contribution in [3.05, 3.63) is 0 Å². The topological polar surface area (TPSA) is 17.1 Å². The summed E-state index contributed by atoms with van der Waals surface area (Å²) < 4.78 is 0. The summed E-state index contributed by atoms with van der Waals surface area (Å²) in [6.45, 7) is 2.28. The second-order valence-corrected chi connectivity index (χ2v) is 5.91. The Morgan fingerprint density at radius 1 is 0.600 bits per heavy atom. The molecule has 116 valence electrons. The van der Waals surface area contributed by atoms with Gasteiger partial charge in [0, 0.05) is 6.42 Å². The van der Waals surface area contributed by atoms with Gasteiger partial charge in [-0.2, -0.15) is 0 Å². The molecule has 0 spiro atoms. The zero-order valence-corrected chi connectivity index (χ0v) is 17.4. The van der Waals surface area contributed by atoms with Crippen LogP contribution in [0.3, 0.4) is 0 Å². The van der Waals surface area contributed by atoms with Crippen molar-refractivity contribution in [2.75, 3.05) is 0 Å². The molecule has 0 fully saturated rings. The number of hydrogen-bond donors (Lipinski definition) is 0. The Hall–Kier alpha value is 1.31. The Bertz CT molecular complexity index is 177. The second-order valence-electron chi connectivity index (χ2n) is 5.91. The maximum absolute atomic E-state index is 10.1. The smallest absolute Gasteiger partial charge is 1.00 e. The van der Waals surface area contributed by atoms with Crippen LogP contribution < -0.4 is 51.4 Å². The molecule has 0 saturated carbocycles. The summed E-state index contributed by atoms with van der Waals surface area (Å²) in [4.78, 5) is 10.1. The van der Waals surface area contributed by atoms with Crippen molar-refractivity contribution in [3.63, 3.8) is 0 Å². The molecule has 0 bridgehead atoms. The van der Waals surface area contributed by atoms with Crippen molar-refractivity contribution in [2.24, 2.45) is 0 Å². The zero-order valence-electron chi connectivity index (χ0n) is 15.3. The number of hydrogen-bond acceptors (Lipinski definition) is 1. The average Bonchev–Trinajstić information content (AvgIpc) is 2.43. The molecule has 0 amide bonds. The molecule has 0 heterocycles. The molecule has 20 heavy (non-hydrogen) atoms. The van der Waals surface area contributed by atoms with Gasteiger partial charge in [-0.3, -0.25) is 0 Å². The summed E-state index contributed by atoms with van der Waals surface area (Å²) in [7, 11) is 0. The zero-order chi connectivity index (χ0) is 14.0. The number of rotatable bonds is 16. The van der Waals surface area contributed by atoms with Gasteiger partial charge < -0.3 is 6.22 Å². The van der Waals surface area contributed by atoms with Crippen LogP contribution in [0, 0.1) is 0 Å². The normalized spacial score (nSPS) is 10.2. The van der Waals surface area contributed by atoms with E-state index in [2.05, 4.69) is 6.92 Å². The molecule has 0 rings (SSSR count). The predicted molar refractivity (Wildman–Crippen MR) is 86.7 cm³/mol. The molecule has 0 aromatic heterocycles. The number of unbranched alkanes of at least 4 members (excludes halogenated alkanes) is 15. The van der Waals surface area contributed by atoms with E-state index >= 15 is 0 Å². The summed E-state index contributed by atoms with van der Waals surface area (Å²) in [5.74, 6) is 0. The van der Waals surface area contributed by atoms with E-state index in [9.17, 15) is 4.79 Å². The first-order chi connectivity index (χ1) is 9.41. The predicted octanol–water partition coefficient (Wildman–Crippen LogP) is 3.56. The molecule has 0 unspecified atom stereocenters. The molecule has 0 aliphatic heterocycles. The van der Waals surface area contributed by atoms with Crippen LogP contribution in [0.4, 0.5) is 0 Å². The van der Waals surface area contributed by atoms with Crippen molar-refractivity contribution in [2.45, 2.75) is 110 Å². The minimum absolute atomic E-state index is 0. The van der Waals surface area contributed by atoms with Gasteiger partial charge in [-0.15, -0.1) is 0 Å². The van der Waals surface area contributed by atoms with Crippen molar-refractivity contribution >= 4 is 6.29 Å². The van der Waals surface area contributed by atoms with Crippen LogP contribution in [0.15, 0.2) is 0 Å². The fraction of sp³-hybridized carbons (Fsp3) is 0.944. The molecule has 0 N–H and O–H groups in total. The molecule has 0 saturated heterocycles. The monoisotopic (exact) mass is 308 g/mol. The summed E-state index contributed by atoms with van der Waals surface area (Å²) in [6, 6.07) is 0. The summed E-state index contributed by atoms with van der Waals surface area (Å²) in [5, 5.41) is 0. The van der Waals surface area contributed by atoms with Gasteiger partial charge in [0.05, 0.1) is 0 Å². The Morgan fingerprint density at radius 3 is 1.20 bits per heavy atom. The van der Waals surface area contributed by atoms with E-state index in [1.165, 1.54) is 89.9 Å². The molecule has 1 nitrogen and oxygen atoms in total. The fourth-order valence-corrected chi connectivity index (χ4v) is 2.60. The molecule has 0 aliphatic rings. The summed E-state index contributed by atoms with van der Waals surface area (Å²) in [6.07, 6.45) is 22.6. The first kappa shape index (κ1) is 23.6. The quantitative estimate of drug-likeness (QED) is 0.242. The maximum Gasteiger partial charge on any atom is 1.00 e. The van der Waals surface area contributed by atoms with Crippen LogP contribution in [0.1, 0.15) is 111 Å². The van der Waals surface area contributed by atoms with Crippen LogP contribution in [0.5, 0.6) is 0 Å². The van der Waals surface area contributed by atoms with Gasteiger partial charge in [-0.25, -0.2) is 0 Å². The van der Waals surface area contributed by atoms with E-state index < -0.39 is 0 Å². The van der Waals surface area contributed by atoms with Crippen molar-refractivity contribution in [1.82, 2.24) is 0 Å². The van der Waals surface area contributed by atoms with Gasteiger partial charge >= 0.3 is 51.4 Å². The number of carbonyl (C=O) groups is 1. The Balaban J connectivity index is -0.00000162.